The first-order valence-corrected chi connectivity index (χ1v) is 18.5. The van der Waals surface area contributed by atoms with Crippen molar-refractivity contribution in [1.82, 2.24) is 10.7 Å². The Morgan fingerprint density at radius 2 is 1.52 bits per heavy atom. The number of nitrogens with one attached hydrogen (secondary N) is 2. The monoisotopic (exact) mass is 637 g/mol. The van der Waals surface area contributed by atoms with Gasteiger partial charge in [0.15, 0.2) is 0 Å². The molecule has 0 aliphatic heterocycles. The summed E-state index contributed by atoms with van der Waals surface area (Å²) in [5, 5.41) is 13.2. The number of carboxylic acids is 1. The van der Waals surface area contributed by atoms with Gasteiger partial charge in [-0.15, -0.1) is 0 Å². The van der Waals surface area contributed by atoms with Crippen molar-refractivity contribution >= 4 is 17.8 Å². The molecular weight excluding hydrogens is 574 g/mol. The minimum atomic E-state index is -0.657. The van der Waals surface area contributed by atoms with E-state index in [1.54, 1.807) is 0 Å². The molecule has 0 unspecified atom stereocenters. The highest BCUT2D eigenvalue weighted by molar-refractivity contribution is 5.85. The van der Waals surface area contributed by atoms with Crippen LogP contribution in [-0.2, 0) is 14.4 Å². The third-order valence-corrected chi connectivity index (χ3v) is 17.2. The molecule has 12 atom stereocenters. The van der Waals surface area contributed by atoms with Gasteiger partial charge in [-0.1, -0.05) is 60.6 Å². The van der Waals surface area contributed by atoms with E-state index in [2.05, 4.69) is 72.7 Å². The van der Waals surface area contributed by atoms with Crippen molar-refractivity contribution in [1.29, 1.82) is 0 Å². The van der Waals surface area contributed by atoms with Crippen molar-refractivity contribution in [2.75, 3.05) is 0 Å². The van der Waals surface area contributed by atoms with Gasteiger partial charge in [-0.05, 0) is 140 Å². The quantitative estimate of drug-likeness (QED) is 0.106. The van der Waals surface area contributed by atoms with E-state index in [1.807, 2.05) is 0 Å². The molecular formula is C39H63N3O4. The van der Waals surface area contributed by atoms with Crippen LogP contribution >= 0.6 is 0 Å². The number of allylic oxidation sites excluding steroid dienone is 1. The van der Waals surface area contributed by atoms with E-state index < -0.39 is 5.97 Å². The second kappa shape index (κ2) is 10.8. The van der Waals surface area contributed by atoms with E-state index in [1.165, 1.54) is 24.8 Å². The summed E-state index contributed by atoms with van der Waals surface area (Å²) in [5.74, 6) is 7.22. The van der Waals surface area contributed by atoms with Crippen LogP contribution in [0.1, 0.15) is 132 Å². The third-order valence-electron chi connectivity index (χ3n) is 17.2. The molecule has 0 heterocycles. The summed E-state index contributed by atoms with van der Waals surface area (Å²) in [5.41, 5.74) is 3.37. The summed E-state index contributed by atoms with van der Waals surface area (Å²) in [4.78, 5) is 38.9. The zero-order valence-corrected chi connectivity index (χ0v) is 30.1. The van der Waals surface area contributed by atoms with Crippen LogP contribution in [0.4, 0.5) is 0 Å². The number of amides is 2. The zero-order chi connectivity index (χ0) is 33.8. The van der Waals surface area contributed by atoms with Crippen molar-refractivity contribution in [2.24, 2.45) is 79.8 Å². The van der Waals surface area contributed by atoms with Gasteiger partial charge in [0.2, 0.25) is 11.8 Å². The van der Waals surface area contributed by atoms with Crippen LogP contribution < -0.4 is 16.6 Å². The van der Waals surface area contributed by atoms with Crippen molar-refractivity contribution in [2.45, 2.75) is 138 Å². The van der Waals surface area contributed by atoms with Crippen LogP contribution in [0.3, 0.4) is 0 Å². The molecule has 6 aliphatic rings. The number of rotatable bonds is 6. The minimum absolute atomic E-state index is 0.0138. The molecule has 0 aromatic carbocycles. The molecule has 7 nitrogen and oxygen atoms in total. The first kappa shape index (κ1) is 34.0. The van der Waals surface area contributed by atoms with E-state index >= 15 is 0 Å². The highest BCUT2D eigenvalue weighted by Crippen LogP contribution is 2.78. The second-order valence-electron chi connectivity index (χ2n) is 19.1. The van der Waals surface area contributed by atoms with Crippen molar-refractivity contribution < 1.29 is 19.5 Å². The lowest BCUT2D eigenvalue weighted by atomic mass is 9.32. The summed E-state index contributed by atoms with van der Waals surface area (Å²) >= 11 is 0. The maximum atomic E-state index is 14.7. The molecule has 5 N–H and O–H groups in total. The molecule has 0 aromatic rings. The van der Waals surface area contributed by atoms with Crippen LogP contribution in [0, 0.1) is 73.9 Å². The molecule has 6 aliphatic carbocycles. The Labute approximate surface area is 278 Å². The first-order chi connectivity index (χ1) is 21.3. The minimum Gasteiger partial charge on any atom is -0.481 e. The number of hydrogen-bond acceptors (Lipinski definition) is 4. The fraction of sp³-hybridized carbons (Fsp3) is 0.872. The van der Waals surface area contributed by atoms with Crippen LogP contribution in [0.15, 0.2) is 12.2 Å². The van der Waals surface area contributed by atoms with E-state index in [4.69, 9.17) is 5.84 Å². The van der Waals surface area contributed by atoms with Gasteiger partial charge in [0, 0.05) is 18.4 Å². The van der Waals surface area contributed by atoms with E-state index in [0.717, 1.165) is 44.9 Å². The maximum absolute atomic E-state index is 14.7. The average molecular weight is 638 g/mol. The highest BCUT2D eigenvalue weighted by atomic mass is 16.4. The molecule has 0 aromatic heterocycles. The lowest BCUT2D eigenvalue weighted by molar-refractivity contribution is -0.242. The Balaban J connectivity index is 1.30. The third kappa shape index (κ3) is 4.40. The van der Waals surface area contributed by atoms with Gasteiger partial charge < -0.3 is 10.4 Å². The lowest BCUT2D eigenvalue weighted by Gasteiger charge is -2.73. The topological polar surface area (TPSA) is 122 Å². The summed E-state index contributed by atoms with van der Waals surface area (Å²) in [7, 11) is 0. The number of nitrogens with two attached hydrogens (primary N) is 1. The molecule has 0 saturated heterocycles. The van der Waals surface area contributed by atoms with Gasteiger partial charge in [0.05, 0.1) is 5.41 Å². The average Bonchev–Trinajstić information content (AvgIpc) is 3.37. The molecule has 46 heavy (non-hydrogen) atoms. The molecule has 0 spiro atoms. The molecule has 6 fully saturated rings. The molecule has 7 heteroatoms. The molecule has 6 saturated carbocycles. The van der Waals surface area contributed by atoms with Gasteiger partial charge in [0.1, 0.15) is 0 Å². The zero-order valence-electron chi connectivity index (χ0n) is 30.1. The smallest absolute Gasteiger partial charge is 0.303 e. The lowest BCUT2D eigenvalue weighted by Crippen LogP contribution is -2.68. The predicted octanol–water partition coefficient (Wildman–Crippen LogP) is 7.26. The summed E-state index contributed by atoms with van der Waals surface area (Å²) in [6, 6.07) is -0.0300. The molecule has 0 radical (unpaired) electrons. The van der Waals surface area contributed by atoms with Crippen molar-refractivity contribution in [3.8, 4) is 0 Å². The Kier molecular flexibility index (Phi) is 7.98. The maximum Gasteiger partial charge on any atom is 0.303 e. The van der Waals surface area contributed by atoms with E-state index in [-0.39, 0.29) is 68.6 Å². The fourth-order valence-corrected chi connectivity index (χ4v) is 14.2. The Morgan fingerprint density at radius 3 is 2.13 bits per heavy atom. The van der Waals surface area contributed by atoms with Crippen LogP contribution in [0.2, 0.25) is 0 Å². The van der Waals surface area contributed by atoms with Crippen LogP contribution in [-0.4, -0.2) is 28.9 Å². The van der Waals surface area contributed by atoms with Crippen molar-refractivity contribution in [3.63, 3.8) is 0 Å². The van der Waals surface area contributed by atoms with Gasteiger partial charge in [-0.25, -0.2) is 5.84 Å². The fourth-order valence-electron chi connectivity index (χ4n) is 14.2. The number of hydrazine groups is 1. The Bertz CT molecular complexity index is 1310. The molecule has 2 amide bonds. The Morgan fingerprint density at radius 1 is 0.826 bits per heavy atom. The predicted molar refractivity (Wildman–Crippen MR) is 181 cm³/mol. The van der Waals surface area contributed by atoms with Gasteiger partial charge in [-0.3, -0.25) is 19.8 Å². The molecule has 0 bridgehead atoms. The SMILES string of the molecule is C=C(C)[C@@H]1CC[C@]2(C(=O)N[C@@H]3C[C@H](C(=O)NN)C3(C)C)CC[C@]3(C)[C@H](CC[C@@H]4[C@]5(C)CC[C@@H](CC(=O)O)C(C)(C)[C@H]5CC[C@]43C)[C@@H]12. The number of carboxylic acid groups (broad SMARTS) is 1. The van der Waals surface area contributed by atoms with E-state index in [9.17, 15) is 19.5 Å². The van der Waals surface area contributed by atoms with Crippen LogP contribution in [0.25, 0.3) is 0 Å². The number of aliphatic carboxylic acids is 1. The van der Waals surface area contributed by atoms with Crippen LogP contribution in [0.5, 0.6) is 0 Å². The molecule has 6 rings (SSSR count). The van der Waals surface area contributed by atoms with E-state index in [0.29, 0.717) is 36.0 Å². The number of carbonyl (C=O) groups excluding carboxylic acids is 2. The van der Waals surface area contributed by atoms with Gasteiger partial charge in [-0.2, -0.15) is 0 Å². The summed E-state index contributed by atoms with van der Waals surface area (Å²) in [6.07, 6.45) is 11.7. The van der Waals surface area contributed by atoms with Gasteiger partial charge in [0.25, 0.3) is 0 Å². The normalized spacial score (nSPS) is 48.4. The summed E-state index contributed by atoms with van der Waals surface area (Å²) < 4.78 is 0. The number of fused-ring (bicyclic) bond motifs is 7. The Hall–Kier alpha value is -1.89. The highest BCUT2D eigenvalue weighted by Gasteiger charge is 2.72. The van der Waals surface area contributed by atoms with Crippen molar-refractivity contribution in [3.05, 3.63) is 12.2 Å². The van der Waals surface area contributed by atoms with Gasteiger partial charge >= 0.3 is 5.97 Å². The number of hydrogen-bond donors (Lipinski definition) is 4. The second-order valence-corrected chi connectivity index (χ2v) is 19.1. The first-order valence-electron chi connectivity index (χ1n) is 18.5. The standard InChI is InChI=1S/C39H63N3O4/c1-22(2)24-13-17-39(33(46)41-29-21-26(32(45)42-40)35(29,5)6)19-18-37(8)25(31(24)39)10-11-28-36(7)15-12-23(20-30(43)44)34(3,4)27(36)14-16-38(28,37)9/h23-29,31H,1,10-21,40H2,2-9H3,(H,41,46)(H,42,45)(H,43,44)/t23-,24-,25+,26+,27+,28+,29+,31+,36+,37+,38+,39-/m0/s1. The number of carbonyl (C=O) groups is 3. The summed E-state index contributed by atoms with van der Waals surface area (Å²) in [6.45, 7) is 23.4. The molecule has 258 valence electrons. The largest absolute Gasteiger partial charge is 0.481 e.